The number of fused-ring (bicyclic) bond motifs is 1. The lowest BCUT2D eigenvalue weighted by molar-refractivity contribution is 0.0877. The maximum Gasteiger partial charge on any atom is 0.168 e. The molecule has 1 aliphatic carbocycles. The van der Waals surface area contributed by atoms with E-state index in [2.05, 4.69) is 11.9 Å². The summed E-state index contributed by atoms with van der Waals surface area (Å²) in [6.45, 7) is 4.89. The predicted molar refractivity (Wildman–Crippen MR) is 84.9 cm³/mol. The molecule has 1 aromatic carbocycles. The number of carbonyl (C=O) groups is 1. The van der Waals surface area contributed by atoms with Crippen LogP contribution in [0, 0.1) is 11.8 Å². The van der Waals surface area contributed by atoms with Gasteiger partial charge >= 0.3 is 0 Å². The van der Waals surface area contributed by atoms with Gasteiger partial charge in [0.05, 0.1) is 6.61 Å². The largest absolute Gasteiger partial charge is 0.494 e. The zero-order valence-electron chi connectivity index (χ0n) is 12.8. The third-order valence-electron chi connectivity index (χ3n) is 4.62. The van der Waals surface area contributed by atoms with Crippen molar-refractivity contribution in [2.24, 2.45) is 11.8 Å². The number of aromatic nitrogens is 1. The van der Waals surface area contributed by atoms with Gasteiger partial charge < -0.3 is 9.72 Å². The predicted octanol–water partition coefficient (Wildman–Crippen LogP) is 4.58. The van der Waals surface area contributed by atoms with Crippen molar-refractivity contribution in [3.63, 3.8) is 0 Å². The van der Waals surface area contributed by atoms with Crippen LogP contribution in [0.3, 0.4) is 0 Å². The van der Waals surface area contributed by atoms with Crippen LogP contribution in [0.2, 0.25) is 0 Å². The molecular formula is C18H23NO2. The smallest absolute Gasteiger partial charge is 0.168 e. The molecule has 0 unspecified atom stereocenters. The fourth-order valence-corrected chi connectivity index (χ4v) is 3.30. The molecule has 21 heavy (non-hydrogen) atoms. The van der Waals surface area contributed by atoms with Crippen LogP contribution in [-0.4, -0.2) is 17.4 Å². The Morgan fingerprint density at radius 1 is 1.29 bits per heavy atom. The summed E-state index contributed by atoms with van der Waals surface area (Å²) < 4.78 is 5.55. The van der Waals surface area contributed by atoms with Crippen molar-refractivity contribution in [1.82, 2.24) is 4.98 Å². The minimum atomic E-state index is 0.191. The molecule has 0 bridgehead atoms. The van der Waals surface area contributed by atoms with E-state index in [-0.39, 0.29) is 5.92 Å². The molecule has 1 aromatic heterocycles. The minimum Gasteiger partial charge on any atom is -0.494 e. The number of hydrogen-bond acceptors (Lipinski definition) is 2. The van der Waals surface area contributed by atoms with Gasteiger partial charge in [0.1, 0.15) is 5.75 Å². The summed E-state index contributed by atoms with van der Waals surface area (Å²) in [5.41, 5.74) is 1.83. The maximum absolute atomic E-state index is 12.8. The molecule has 0 radical (unpaired) electrons. The highest BCUT2D eigenvalue weighted by Gasteiger charge is 2.26. The van der Waals surface area contributed by atoms with Gasteiger partial charge in [0.2, 0.25) is 0 Å². The van der Waals surface area contributed by atoms with Crippen molar-refractivity contribution in [1.29, 1.82) is 0 Å². The third kappa shape index (κ3) is 2.82. The topological polar surface area (TPSA) is 42.1 Å². The lowest BCUT2D eigenvalue weighted by Gasteiger charge is -2.24. The van der Waals surface area contributed by atoms with Crippen molar-refractivity contribution in [2.75, 3.05) is 6.61 Å². The van der Waals surface area contributed by atoms with Gasteiger partial charge in [-0.25, -0.2) is 0 Å². The number of benzene rings is 1. The average Bonchev–Trinajstić information content (AvgIpc) is 2.91. The van der Waals surface area contributed by atoms with Crippen molar-refractivity contribution >= 4 is 16.7 Å². The first-order valence-electron chi connectivity index (χ1n) is 7.97. The molecule has 1 heterocycles. The Labute approximate surface area is 125 Å². The summed E-state index contributed by atoms with van der Waals surface area (Å²) in [5, 5.41) is 0.990. The second kappa shape index (κ2) is 5.92. The highest BCUT2D eigenvalue weighted by atomic mass is 16.5. The molecule has 1 fully saturated rings. The molecule has 3 nitrogen and oxygen atoms in total. The van der Waals surface area contributed by atoms with Crippen molar-refractivity contribution in [2.45, 2.75) is 39.5 Å². The Morgan fingerprint density at radius 3 is 2.76 bits per heavy atom. The standard InChI is InChI=1S/C18H23NO2/c1-3-21-14-8-9-17-15(10-14)16(11-19-17)18(20)13-6-4-12(2)5-7-13/h8-13,19H,3-7H2,1-2H3. The molecule has 2 aromatic rings. The third-order valence-corrected chi connectivity index (χ3v) is 4.62. The lowest BCUT2D eigenvalue weighted by Crippen LogP contribution is -2.20. The summed E-state index contributed by atoms with van der Waals surface area (Å²) in [6.07, 6.45) is 6.25. The van der Waals surface area contributed by atoms with Crippen LogP contribution >= 0.6 is 0 Å². The molecule has 0 atom stereocenters. The number of ketones is 1. The van der Waals surface area contributed by atoms with E-state index in [9.17, 15) is 4.79 Å². The molecule has 0 amide bonds. The second-order valence-electron chi connectivity index (χ2n) is 6.16. The van der Waals surface area contributed by atoms with Crippen LogP contribution in [-0.2, 0) is 0 Å². The number of Topliss-reactive ketones (excluding diaryl/α,β-unsaturated/α-hetero) is 1. The van der Waals surface area contributed by atoms with E-state index in [1.165, 1.54) is 12.8 Å². The normalized spacial score (nSPS) is 22.4. The SMILES string of the molecule is CCOc1ccc2[nH]cc(C(=O)C3CCC(C)CC3)c2c1. The first-order chi connectivity index (χ1) is 10.2. The molecule has 1 saturated carbocycles. The molecule has 0 spiro atoms. The highest BCUT2D eigenvalue weighted by molar-refractivity contribution is 6.09. The number of rotatable bonds is 4. The monoisotopic (exact) mass is 285 g/mol. The van der Waals surface area contributed by atoms with Crippen molar-refractivity contribution < 1.29 is 9.53 Å². The van der Waals surface area contributed by atoms with Gasteiger partial charge in [-0.15, -0.1) is 0 Å². The summed E-state index contributed by atoms with van der Waals surface area (Å²) in [6, 6.07) is 5.91. The summed E-state index contributed by atoms with van der Waals surface area (Å²) in [4.78, 5) is 16.0. The Balaban J connectivity index is 1.88. The van der Waals surface area contributed by atoms with Gasteiger partial charge in [0.25, 0.3) is 0 Å². The Bertz CT molecular complexity index is 636. The zero-order valence-corrected chi connectivity index (χ0v) is 12.8. The molecule has 0 aliphatic heterocycles. The van der Waals surface area contributed by atoms with Gasteiger partial charge in [0, 0.05) is 28.6 Å². The van der Waals surface area contributed by atoms with E-state index in [0.717, 1.165) is 41.0 Å². The van der Waals surface area contributed by atoms with Crippen LogP contribution in [0.1, 0.15) is 49.9 Å². The fraction of sp³-hybridized carbons (Fsp3) is 0.500. The van der Waals surface area contributed by atoms with E-state index >= 15 is 0 Å². The van der Waals surface area contributed by atoms with Crippen LogP contribution in [0.5, 0.6) is 5.75 Å². The minimum absolute atomic E-state index is 0.191. The van der Waals surface area contributed by atoms with E-state index in [4.69, 9.17) is 4.74 Å². The van der Waals surface area contributed by atoms with E-state index < -0.39 is 0 Å². The first kappa shape index (κ1) is 14.2. The quantitative estimate of drug-likeness (QED) is 0.836. The number of carbonyl (C=O) groups excluding carboxylic acids is 1. The second-order valence-corrected chi connectivity index (χ2v) is 6.16. The zero-order chi connectivity index (χ0) is 14.8. The number of hydrogen-bond donors (Lipinski definition) is 1. The molecule has 1 aliphatic rings. The van der Waals surface area contributed by atoms with Crippen molar-refractivity contribution in [3.8, 4) is 5.75 Å². The molecule has 1 N–H and O–H groups in total. The highest BCUT2D eigenvalue weighted by Crippen LogP contribution is 2.33. The molecule has 3 heteroatoms. The molecule has 112 valence electrons. The maximum atomic E-state index is 12.8. The van der Waals surface area contributed by atoms with Gasteiger partial charge in [0.15, 0.2) is 5.78 Å². The van der Waals surface area contributed by atoms with E-state index in [1.807, 2.05) is 31.3 Å². The van der Waals surface area contributed by atoms with E-state index in [1.54, 1.807) is 0 Å². The van der Waals surface area contributed by atoms with Crippen molar-refractivity contribution in [3.05, 3.63) is 30.0 Å². The summed E-state index contributed by atoms with van der Waals surface area (Å²) in [7, 11) is 0. The Hall–Kier alpha value is -1.77. The van der Waals surface area contributed by atoms with Crippen LogP contribution < -0.4 is 4.74 Å². The van der Waals surface area contributed by atoms with Gasteiger partial charge in [-0.05, 0) is 43.9 Å². The molecular weight excluding hydrogens is 262 g/mol. The van der Waals surface area contributed by atoms with Crippen LogP contribution in [0.4, 0.5) is 0 Å². The average molecular weight is 285 g/mol. The number of H-pyrrole nitrogens is 1. The Kier molecular flexibility index (Phi) is 4.00. The Morgan fingerprint density at radius 2 is 2.05 bits per heavy atom. The number of nitrogens with one attached hydrogen (secondary N) is 1. The van der Waals surface area contributed by atoms with Crippen LogP contribution in [0.15, 0.2) is 24.4 Å². The van der Waals surface area contributed by atoms with Gasteiger partial charge in [-0.2, -0.15) is 0 Å². The first-order valence-corrected chi connectivity index (χ1v) is 7.97. The summed E-state index contributed by atoms with van der Waals surface area (Å²) in [5.74, 6) is 2.08. The number of aromatic amines is 1. The van der Waals surface area contributed by atoms with Gasteiger partial charge in [-0.3, -0.25) is 4.79 Å². The molecule has 0 saturated heterocycles. The van der Waals surface area contributed by atoms with Gasteiger partial charge in [-0.1, -0.05) is 19.8 Å². The molecule has 3 rings (SSSR count). The lowest BCUT2D eigenvalue weighted by atomic mass is 9.79. The summed E-state index contributed by atoms with van der Waals surface area (Å²) >= 11 is 0. The van der Waals surface area contributed by atoms with E-state index in [0.29, 0.717) is 12.4 Å². The fourth-order valence-electron chi connectivity index (χ4n) is 3.30. The van der Waals surface area contributed by atoms with Crippen LogP contribution in [0.25, 0.3) is 10.9 Å². The number of ether oxygens (including phenoxy) is 1.